The Morgan fingerprint density at radius 1 is 1.13 bits per heavy atom. The van der Waals surface area contributed by atoms with Gasteiger partial charge in [-0.25, -0.2) is 14.4 Å². The third-order valence-corrected chi connectivity index (χ3v) is 5.34. The number of amides is 1. The van der Waals surface area contributed by atoms with Crippen molar-refractivity contribution in [2.75, 3.05) is 31.6 Å². The van der Waals surface area contributed by atoms with Crippen molar-refractivity contribution in [1.82, 2.24) is 14.9 Å². The van der Waals surface area contributed by atoms with Gasteiger partial charge in [0, 0.05) is 32.1 Å². The summed E-state index contributed by atoms with van der Waals surface area (Å²) in [6, 6.07) is 4.95. The number of nitrogens with zero attached hydrogens (tertiary/aromatic N) is 4. The zero-order chi connectivity index (χ0) is 16.0. The number of hydrogen-bond acceptors (Lipinski definition) is 4. The highest BCUT2D eigenvalue weighted by atomic mass is 19.1. The highest BCUT2D eigenvalue weighted by molar-refractivity contribution is 5.90. The van der Waals surface area contributed by atoms with Gasteiger partial charge in [-0.1, -0.05) is 6.07 Å². The fourth-order valence-corrected chi connectivity index (χ4v) is 3.90. The summed E-state index contributed by atoms with van der Waals surface area (Å²) in [6.45, 7) is 2.38. The summed E-state index contributed by atoms with van der Waals surface area (Å²) in [5.41, 5.74) is 0.161. The van der Waals surface area contributed by atoms with Gasteiger partial charge in [0.25, 0.3) is 0 Å². The first-order valence-electron chi connectivity index (χ1n) is 8.00. The molecule has 1 aromatic heterocycles. The van der Waals surface area contributed by atoms with Crippen LogP contribution in [-0.4, -0.2) is 47.5 Å². The van der Waals surface area contributed by atoms with E-state index in [-0.39, 0.29) is 17.1 Å². The highest BCUT2D eigenvalue weighted by Gasteiger charge is 2.47. The molecule has 4 rings (SSSR count). The fraction of sp³-hybridized carbons (Fsp3) is 0.471. The third-order valence-electron chi connectivity index (χ3n) is 5.34. The van der Waals surface area contributed by atoms with E-state index in [2.05, 4.69) is 14.9 Å². The number of likely N-dealkylation sites (tertiary alicyclic amines) is 1. The molecule has 2 aliphatic rings. The number of aromatic nitrogens is 2. The third kappa shape index (κ3) is 2.16. The van der Waals surface area contributed by atoms with Crippen molar-refractivity contribution in [3.8, 4) is 0 Å². The standard InChI is InChI=1S/C17H19FN4O/c1-21-8-5-17(16(21)23)6-9-22(10-7-17)15-12-3-2-4-13(18)14(12)19-11-20-15/h2-4,11H,5-10H2,1H3. The predicted octanol–water partition coefficient (Wildman–Crippen LogP) is 2.22. The molecule has 23 heavy (non-hydrogen) atoms. The Hall–Kier alpha value is -2.24. The van der Waals surface area contributed by atoms with Crippen molar-refractivity contribution < 1.29 is 9.18 Å². The molecule has 3 heterocycles. The first-order valence-corrected chi connectivity index (χ1v) is 8.00. The van der Waals surface area contributed by atoms with E-state index in [0.717, 1.165) is 50.1 Å². The molecule has 0 saturated carbocycles. The van der Waals surface area contributed by atoms with Crippen molar-refractivity contribution in [2.24, 2.45) is 5.41 Å². The molecule has 0 N–H and O–H groups in total. The molecule has 2 fully saturated rings. The lowest BCUT2D eigenvalue weighted by Crippen LogP contribution is -2.44. The Morgan fingerprint density at radius 2 is 1.87 bits per heavy atom. The van der Waals surface area contributed by atoms with E-state index in [1.165, 1.54) is 12.4 Å². The van der Waals surface area contributed by atoms with Gasteiger partial charge < -0.3 is 9.80 Å². The molecule has 0 atom stereocenters. The maximum atomic E-state index is 13.9. The average molecular weight is 314 g/mol. The molecule has 1 amide bonds. The number of fused-ring (bicyclic) bond motifs is 1. The van der Waals surface area contributed by atoms with Gasteiger partial charge in [0.15, 0.2) is 0 Å². The van der Waals surface area contributed by atoms with Crippen LogP contribution in [0.4, 0.5) is 10.2 Å². The van der Waals surface area contributed by atoms with Gasteiger partial charge in [-0.05, 0) is 31.4 Å². The van der Waals surface area contributed by atoms with Gasteiger partial charge in [0.1, 0.15) is 23.5 Å². The maximum absolute atomic E-state index is 13.9. The van der Waals surface area contributed by atoms with Crippen LogP contribution in [0.25, 0.3) is 10.9 Å². The molecule has 0 bridgehead atoms. The van der Waals surface area contributed by atoms with Crippen molar-refractivity contribution in [2.45, 2.75) is 19.3 Å². The minimum absolute atomic E-state index is 0.195. The molecule has 0 unspecified atom stereocenters. The molecule has 120 valence electrons. The van der Waals surface area contributed by atoms with Crippen LogP contribution >= 0.6 is 0 Å². The predicted molar refractivity (Wildman–Crippen MR) is 85.6 cm³/mol. The van der Waals surface area contributed by atoms with Crippen LogP contribution in [0.2, 0.25) is 0 Å². The number of halogens is 1. The molecule has 1 aromatic carbocycles. The summed E-state index contributed by atoms with van der Waals surface area (Å²) < 4.78 is 13.9. The van der Waals surface area contributed by atoms with Crippen LogP contribution in [0.15, 0.2) is 24.5 Å². The number of rotatable bonds is 1. The first kappa shape index (κ1) is 14.4. The van der Waals surface area contributed by atoms with Gasteiger partial charge in [-0.3, -0.25) is 4.79 Å². The van der Waals surface area contributed by atoms with Crippen molar-refractivity contribution >= 4 is 22.6 Å². The highest BCUT2D eigenvalue weighted by Crippen LogP contribution is 2.42. The number of hydrogen-bond donors (Lipinski definition) is 0. The SMILES string of the molecule is CN1CCC2(CCN(c3ncnc4c(F)cccc34)CC2)C1=O. The van der Waals surface area contributed by atoms with Gasteiger partial charge in [-0.15, -0.1) is 0 Å². The van der Waals surface area contributed by atoms with Gasteiger partial charge in [0.2, 0.25) is 5.91 Å². The summed E-state index contributed by atoms with van der Waals surface area (Å²) >= 11 is 0. The molecule has 2 aliphatic heterocycles. The first-order chi connectivity index (χ1) is 11.1. The zero-order valence-electron chi connectivity index (χ0n) is 13.1. The smallest absolute Gasteiger partial charge is 0.228 e. The Balaban J connectivity index is 1.62. The summed E-state index contributed by atoms with van der Waals surface area (Å²) in [5.74, 6) is 0.714. The van der Waals surface area contributed by atoms with Crippen LogP contribution in [0.5, 0.6) is 0 Å². The van der Waals surface area contributed by atoms with E-state index in [1.54, 1.807) is 6.07 Å². The van der Waals surface area contributed by atoms with Gasteiger partial charge >= 0.3 is 0 Å². The zero-order valence-corrected chi connectivity index (χ0v) is 13.1. The number of piperidine rings is 1. The lowest BCUT2D eigenvalue weighted by atomic mass is 9.77. The van der Waals surface area contributed by atoms with Crippen molar-refractivity contribution in [3.63, 3.8) is 0 Å². The second-order valence-electron chi connectivity index (χ2n) is 6.58. The second kappa shape index (κ2) is 5.15. The molecule has 5 nitrogen and oxygen atoms in total. The average Bonchev–Trinajstić information content (AvgIpc) is 2.85. The van der Waals surface area contributed by atoms with E-state index in [9.17, 15) is 9.18 Å². The molecule has 6 heteroatoms. The molecular weight excluding hydrogens is 295 g/mol. The molecule has 2 aromatic rings. The fourth-order valence-electron chi connectivity index (χ4n) is 3.90. The monoisotopic (exact) mass is 314 g/mol. The van der Waals surface area contributed by atoms with E-state index in [4.69, 9.17) is 0 Å². The Bertz CT molecular complexity index is 770. The normalized spacial score (nSPS) is 20.7. The van der Waals surface area contributed by atoms with Crippen LogP contribution in [0.1, 0.15) is 19.3 Å². The van der Waals surface area contributed by atoms with E-state index >= 15 is 0 Å². The summed E-state index contributed by atoms with van der Waals surface area (Å²) in [6.07, 6.45) is 4.02. The Labute approximate surface area is 134 Å². The van der Waals surface area contributed by atoms with Crippen molar-refractivity contribution in [3.05, 3.63) is 30.3 Å². The summed E-state index contributed by atoms with van der Waals surface area (Å²) in [7, 11) is 1.88. The number of para-hydroxylation sites is 1. The molecular formula is C17H19FN4O. The molecule has 0 radical (unpaired) electrons. The lowest BCUT2D eigenvalue weighted by molar-refractivity contribution is -0.135. The van der Waals surface area contributed by atoms with Crippen LogP contribution in [-0.2, 0) is 4.79 Å². The number of carbonyl (C=O) groups is 1. The van der Waals surface area contributed by atoms with Crippen LogP contribution < -0.4 is 4.90 Å². The van der Waals surface area contributed by atoms with E-state index in [0.29, 0.717) is 5.52 Å². The van der Waals surface area contributed by atoms with Crippen LogP contribution in [0, 0.1) is 11.2 Å². The summed E-state index contributed by atoms with van der Waals surface area (Å²) in [5, 5.41) is 0.735. The molecule has 1 spiro atoms. The van der Waals surface area contributed by atoms with Gasteiger partial charge in [-0.2, -0.15) is 0 Å². The Kier molecular flexibility index (Phi) is 3.21. The maximum Gasteiger partial charge on any atom is 0.228 e. The molecule has 2 saturated heterocycles. The van der Waals surface area contributed by atoms with Gasteiger partial charge in [0.05, 0.1) is 5.41 Å². The van der Waals surface area contributed by atoms with E-state index in [1.807, 2.05) is 18.0 Å². The summed E-state index contributed by atoms with van der Waals surface area (Å²) in [4.78, 5) is 24.8. The minimum atomic E-state index is -0.327. The number of anilines is 1. The van der Waals surface area contributed by atoms with E-state index < -0.39 is 0 Å². The second-order valence-corrected chi connectivity index (χ2v) is 6.58. The number of benzene rings is 1. The van der Waals surface area contributed by atoms with Crippen molar-refractivity contribution in [1.29, 1.82) is 0 Å². The topological polar surface area (TPSA) is 49.3 Å². The quantitative estimate of drug-likeness (QED) is 0.810. The van der Waals surface area contributed by atoms with Crippen LogP contribution in [0.3, 0.4) is 0 Å². The molecule has 0 aliphatic carbocycles. The largest absolute Gasteiger partial charge is 0.356 e. The minimum Gasteiger partial charge on any atom is -0.356 e. The lowest BCUT2D eigenvalue weighted by Gasteiger charge is -2.38. The number of carbonyl (C=O) groups excluding carboxylic acids is 1. The Morgan fingerprint density at radius 3 is 2.57 bits per heavy atom.